The summed E-state index contributed by atoms with van der Waals surface area (Å²) in [7, 11) is -3.51. The molecule has 0 aromatic heterocycles. The van der Waals surface area contributed by atoms with E-state index in [1.807, 2.05) is 0 Å². The third-order valence-electron chi connectivity index (χ3n) is 2.04. The van der Waals surface area contributed by atoms with Crippen molar-refractivity contribution in [2.75, 3.05) is 19.2 Å². The second-order valence-corrected chi connectivity index (χ2v) is 5.25. The first kappa shape index (κ1) is 11.5. The minimum Gasteiger partial charge on any atom is -0.454 e. The fraction of sp³-hybridized carbons (Fsp3) is 0.333. The molecule has 0 aliphatic carbocycles. The molecule has 0 spiro atoms. The molecule has 5 nitrogen and oxygen atoms in total. The molecule has 7 heteroatoms. The van der Waals surface area contributed by atoms with Crippen LogP contribution in [0.2, 0.25) is 0 Å². The van der Waals surface area contributed by atoms with Gasteiger partial charge in [-0.1, -0.05) is 0 Å². The van der Waals surface area contributed by atoms with Crippen LogP contribution in [-0.4, -0.2) is 27.6 Å². The van der Waals surface area contributed by atoms with E-state index < -0.39 is 10.0 Å². The predicted octanol–water partition coefficient (Wildman–Crippen LogP) is 0.932. The fourth-order valence-corrected chi connectivity index (χ4v) is 2.55. The van der Waals surface area contributed by atoms with Gasteiger partial charge >= 0.3 is 0 Å². The summed E-state index contributed by atoms with van der Waals surface area (Å²) in [4.78, 5) is 0.141. The predicted molar refractivity (Wildman–Crippen MR) is 58.5 cm³/mol. The normalized spacial score (nSPS) is 14.1. The Labute approximate surface area is 98.4 Å². The van der Waals surface area contributed by atoms with Gasteiger partial charge in [-0.05, 0) is 12.1 Å². The summed E-state index contributed by atoms with van der Waals surface area (Å²) < 4.78 is 36.0. The lowest BCUT2D eigenvalue weighted by Gasteiger charge is -2.05. The van der Waals surface area contributed by atoms with Crippen molar-refractivity contribution in [1.29, 1.82) is 0 Å². The molecule has 0 bridgehead atoms. The van der Waals surface area contributed by atoms with Crippen molar-refractivity contribution in [2.45, 2.75) is 4.90 Å². The van der Waals surface area contributed by atoms with Gasteiger partial charge in [0.2, 0.25) is 16.8 Å². The Kier molecular flexibility index (Phi) is 3.22. The lowest BCUT2D eigenvalue weighted by Crippen LogP contribution is -2.25. The van der Waals surface area contributed by atoms with Gasteiger partial charge in [0.05, 0.1) is 4.90 Å². The Morgan fingerprint density at radius 1 is 1.31 bits per heavy atom. The van der Waals surface area contributed by atoms with E-state index >= 15 is 0 Å². The van der Waals surface area contributed by atoms with Crippen LogP contribution in [-0.2, 0) is 10.0 Å². The second-order valence-electron chi connectivity index (χ2n) is 3.10. The minimum atomic E-state index is -3.51. The molecule has 0 saturated heterocycles. The number of hydrogen-bond acceptors (Lipinski definition) is 4. The number of alkyl halides is 1. The average Bonchev–Trinajstić information content (AvgIpc) is 2.73. The molecule has 0 radical (unpaired) electrons. The molecule has 2 rings (SSSR count). The molecule has 0 saturated carbocycles. The zero-order valence-electron chi connectivity index (χ0n) is 8.27. The molecule has 1 aromatic carbocycles. The van der Waals surface area contributed by atoms with Crippen molar-refractivity contribution >= 4 is 21.6 Å². The van der Waals surface area contributed by atoms with Crippen LogP contribution in [0.25, 0.3) is 0 Å². The molecule has 1 N–H and O–H groups in total. The van der Waals surface area contributed by atoms with E-state index in [9.17, 15) is 8.42 Å². The maximum atomic E-state index is 11.7. The van der Waals surface area contributed by atoms with Crippen LogP contribution < -0.4 is 14.2 Å². The van der Waals surface area contributed by atoms with Crippen LogP contribution in [0.1, 0.15) is 0 Å². The topological polar surface area (TPSA) is 64.6 Å². The van der Waals surface area contributed by atoms with E-state index in [0.717, 1.165) is 0 Å². The highest BCUT2D eigenvalue weighted by molar-refractivity contribution is 7.89. The second kappa shape index (κ2) is 4.48. The zero-order valence-corrected chi connectivity index (χ0v) is 9.85. The Balaban J connectivity index is 2.27. The maximum Gasteiger partial charge on any atom is 0.240 e. The third-order valence-corrected chi connectivity index (χ3v) is 3.69. The molecule has 1 heterocycles. The molecule has 0 unspecified atom stereocenters. The highest BCUT2D eigenvalue weighted by Crippen LogP contribution is 2.33. The van der Waals surface area contributed by atoms with E-state index in [4.69, 9.17) is 21.1 Å². The summed E-state index contributed by atoms with van der Waals surface area (Å²) in [5.74, 6) is 1.22. The number of ether oxygens (including phenoxy) is 2. The van der Waals surface area contributed by atoms with Crippen LogP contribution in [0.15, 0.2) is 23.1 Å². The van der Waals surface area contributed by atoms with Crippen molar-refractivity contribution in [1.82, 2.24) is 4.72 Å². The monoisotopic (exact) mass is 263 g/mol. The van der Waals surface area contributed by atoms with E-state index in [-0.39, 0.29) is 24.1 Å². The number of halogens is 1. The highest BCUT2D eigenvalue weighted by atomic mass is 35.5. The Morgan fingerprint density at radius 2 is 2.06 bits per heavy atom. The van der Waals surface area contributed by atoms with Gasteiger partial charge in [0.1, 0.15) is 0 Å². The molecule has 1 aliphatic rings. The van der Waals surface area contributed by atoms with Gasteiger partial charge in [0.25, 0.3) is 0 Å². The number of hydrogen-bond donors (Lipinski definition) is 1. The average molecular weight is 264 g/mol. The lowest BCUT2D eigenvalue weighted by molar-refractivity contribution is 0.174. The summed E-state index contributed by atoms with van der Waals surface area (Å²) in [5.41, 5.74) is 0. The summed E-state index contributed by atoms with van der Waals surface area (Å²) in [5, 5.41) is 0. The van der Waals surface area contributed by atoms with Crippen molar-refractivity contribution < 1.29 is 17.9 Å². The SMILES string of the molecule is O=S(=O)(NCCCl)c1ccc2c(c1)OCO2. The van der Waals surface area contributed by atoms with Gasteiger partial charge in [-0.3, -0.25) is 0 Å². The van der Waals surface area contributed by atoms with E-state index in [1.165, 1.54) is 12.1 Å². The number of benzene rings is 1. The summed E-state index contributed by atoms with van der Waals surface area (Å²) in [6, 6.07) is 4.46. The first-order valence-electron chi connectivity index (χ1n) is 4.59. The maximum absolute atomic E-state index is 11.7. The third kappa shape index (κ3) is 2.23. The van der Waals surface area contributed by atoms with Gasteiger partial charge in [-0.2, -0.15) is 0 Å². The highest BCUT2D eigenvalue weighted by Gasteiger charge is 2.19. The van der Waals surface area contributed by atoms with Gasteiger partial charge in [-0.15, -0.1) is 11.6 Å². The minimum absolute atomic E-state index is 0.119. The standard InChI is InChI=1S/C9H10ClNO4S/c10-3-4-11-16(12,13)7-1-2-8-9(5-7)15-6-14-8/h1-2,5,11H,3-4,6H2. The van der Waals surface area contributed by atoms with Gasteiger partial charge in [-0.25, -0.2) is 13.1 Å². The Morgan fingerprint density at radius 3 is 2.81 bits per heavy atom. The van der Waals surface area contributed by atoms with Gasteiger partial charge in [0, 0.05) is 18.5 Å². The number of fused-ring (bicyclic) bond motifs is 1. The molecule has 88 valence electrons. The summed E-state index contributed by atoms with van der Waals surface area (Å²) >= 11 is 5.42. The quantitative estimate of drug-likeness (QED) is 0.821. The molecule has 1 aliphatic heterocycles. The number of nitrogens with one attached hydrogen (secondary N) is 1. The van der Waals surface area contributed by atoms with Crippen molar-refractivity contribution in [3.63, 3.8) is 0 Å². The Hall–Kier alpha value is -0.980. The summed E-state index contributed by atoms with van der Waals surface area (Å²) in [6.07, 6.45) is 0. The van der Waals surface area contributed by atoms with E-state index in [2.05, 4.69) is 4.72 Å². The van der Waals surface area contributed by atoms with Crippen molar-refractivity contribution in [3.05, 3.63) is 18.2 Å². The van der Waals surface area contributed by atoms with Gasteiger partial charge < -0.3 is 9.47 Å². The van der Waals surface area contributed by atoms with Crippen LogP contribution >= 0.6 is 11.6 Å². The van der Waals surface area contributed by atoms with Crippen LogP contribution in [0.5, 0.6) is 11.5 Å². The summed E-state index contributed by atoms with van der Waals surface area (Å²) in [6.45, 7) is 0.312. The van der Waals surface area contributed by atoms with Crippen LogP contribution in [0.4, 0.5) is 0 Å². The van der Waals surface area contributed by atoms with E-state index in [0.29, 0.717) is 11.5 Å². The smallest absolute Gasteiger partial charge is 0.240 e. The molecule has 0 amide bonds. The molecule has 16 heavy (non-hydrogen) atoms. The molecular formula is C9H10ClNO4S. The van der Waals surface area contributed by atoms with Crippen molar-refractivity contribution in [3.8, 4) is 11.5 Å². The molecular weight excluding hydrogens is 254 g/mol. The molecule has 0 fully saturated rings. The zero-order chi connectivity index (χ0) is 11.6. The lowest BCUT2D eigenvalue weighted by atomic mass is 10.3. The molecule has 0 atom stereocenters. The van der Waals surface area contributed by atoms with Crippen LogP contribution in [0.3, 0.4) is 0 Å². The fourth-order valence-electron chi connectivity index (χ4n) is 1.30. The molecule has 1 aromatic rings. The Bertz CT molecular complexity index is 488. The first-order chi connectivity index (χ1) is 7.63. The number of rotatable bonds is 4. The van der Waals surface area contributed by atoms with Crippen molar-refractivity contribution in [2.24, 2.45) is 0 Å². The van der Waals surface area contributed by atoms with E-state index in [1.54, 1.807) is 6.07 Å². The van der Waals surface area contributed by atoms with Crippen LogP contribution in [0, 0.1) is 0 Å². The first-order valence-corrected chi connectivity index (χ1v) is 6.60. The van der Waals surface area contributed by atoms with Gasteiger partial charge in [0.15, 0.2) is 11.5 Å². The number of sulfonamides is 1. The largest absolute Gasteiger partial charge is 0.454 e.